The summed E-state index contributed by atoms with van der Waals surface area (Å²) in [6.45, 7) is 2.91. The average molecular weight is 303 g/mol. The fourth-order valence-electron chi connectivity index (χ4n) is 2.16. The summed E-state index contributed by atoms with van der Waals surface area (Å²) in [5, 5.41) is 14.9. The maximum Gasteiger partial charge on any atom is 0.357 e. The Hall–Kier alpha value is -1.45. The van der Waals surface area contributed by atoms with Crippen LogP contribution < -0.4 is 4.72 Å². The molecule has 8 nitrogen and oxygen atoms in total. The minimum absolute atomic E-state index is 0.110. The first-order valence-electron chi connectivity index (χ1n) is 6.27. The number of sulfonamides is 1. The van der Waals surface area contributed by atoms with Crippen molar-refractivity contribution in [1.29, 1.82) is 0 Å². The standard InChI is InChI=1S/C11H17N3O5S/c1-7-10(9(11(15)16)14-13-7)20(17,18)12-5-8-3-2-4-19-6-8/h8,12H,2-6H2,1H3,(H,13,14)(H,15,16). The first kappa shape index (κ1) is 14.9. The Labute approximate surface area is 116 Å². The van der Waals surface area contributed by atoms with Crippen LogP contribution in [-0.2, 0) is 14.8 Å². The number of hydrogen-bond donors (Lipinski definition) is 3. The van der Waals surface area contributed by atoms with Crippen LogP contribution in [0.4, 0.5) is 0 Å². The van der Waals surface area contributed by atoms with E-state index in [-0.39, 0.29) is 23.1 Å². The maximum absolute atomic E-state index is 12.2. The molecular weight excluding hydrogens is 286 g/mol. The highest BCUT2D eigenvalue weighted by Gasteiger charge is 2.28. The molecule has 1 aromatic heterocycles. The van der Waals surface area contributed by atoms with Crippen LogP contribution in [0.1, 0.15) is 29.0 Å². The molecule has 1 aliphatic heterocycles. The monoisotopic (exact) mass is 303 g/mol. The van der Waals surface area contributed by atoms with Gasteiger partial charge in [0, 0.05) is 13.2 Å². The number of H-pyrrole nitrogens is 1. The van der Waals surface area contributed by atoms with Crippen molar-refractivity contribution in [2.75, 3.05) is 19.8 Å². The van der Waals surface area contributed by atoms with Gasteiger partial charge in [-0.25, -0.2) is 17.9 Å². The molecule has 112 valence electrons. The van der Waals surface area contributed by atoms with Gasteiger partial charge in [-0.3, -0.25) is 5.10 Å². The van der Waals surface area contributed by atoms with Crippen LogP contribution in [0.5, 0.6) is 0 Å². The zero-order valence-electron chi connectivity index (χ0n) is 11.0. The van der Waals surface area contributed by atoms with Gasteiger partial charge in [-0.05, 0) is 25.7 Å². The summed E-state index contributed by atoms with van der Waals surface area (Å²) in [6, 6.07) is 0. The summed E-state index contributed by atoms with van der Waals surface area (Å²) in [5.41, 5.74) is -0.287. The summed E-state index contributed by atoms with van der Waals surface area (Å²) in [6.07, 6.45) is 1.79. The number of aromatic amines is 1. The Morgan fingerprint density at radius 2 is 2.35 bits per heavy atom. The summed E-state index contributed by atoms with van der Waals surface area (Å²) >= 11 is 0. The molecule has 2 rings (SSSR count). The van der Waals surface area contributed by atoms with Crippen molar-refractivity contribution in [3.05, 3.63) is 11.4 Å². The lowest BCUT2D eigenvalue weighted by Crippen LogP contribution is -2.34. The zero-order chi connectivity index (χ0) is 14.8. The quantitative estimate of drug-likeness (QED) is 0.710. The molecular formula is C11H17N3O5S. The topological polar surface area (TPSA) is 121 Å². The van der Waals surface area contributed by atoms with Gasteiger partial charge in [-0.2, -0.15) is 5.10 Å². The number of carbonyl (C=O) groups is 1. The van der Waals surface area contributed by atoms with Crippen LogP contribution in [0, 0.1) is 12.8 Å². The molecule has 1 fully saturated rings. The van der Waals surface area contributed by atoms with Crippen LogP contribution in [0.25, 0.3) is 0 Å². The Morgan fingerprint density at radius 1 is 1.60 bits per heavy atom. The van der Waals surface area contributed by atoms with Gasteiger partial charge in [0.15, 0.2) is 5.69 Å². The molecule has 9 heteroatoms. The molecule has 0 amide bonds. The number of ether oxygens (including phenoxy) is 1. The minimum Gasteiger partial charge on any atom is -0.476 e. The van der Waals surface area contributed by atoms with Crippen molar-refractivity contribution in [3.8, 4) is 0 Å². The highest BCUT2D eigenvalue weighted by molar-refractivity contribution is 7.89. The summed E-state index contributed by atoms with van der Waals surface area (Å²) in [7, 11) is -3.90. The van der Waals surface area contributed by atoms with Crippen LogP contribution >= 0.6 is 0 Å². The van der Waals surface area contributed by atoms with Gasteiger partial charge in [-0.1, -0.05) is 0 Å². The zero-order valence-corrected chi connectivity index (χ0v) is 11.9. The summed E-state index contributed by atoms with van der Waals surface area (Å²) < 4.78 is 32.1. The van der Waals surface area contributed by atoms with Crippen molar-refractivity contribution >= 4 is 16.0 Å². The van der Waals surface area contributed by atoms with Gasteiger partial charge in [-0.15, -0.1) is 0 Å². The Kier molecular flexibility index (Phi) is 4.41. The van der Waals surface area contributed by atoms with Crippen molar-refractivity contribution in [2.24, 2.45) is 5.92 Å². The van der Waals surface area contributed by atoms with Gasteiger partial charge in [0.2, 0.25) is 10.0 Å². The van der Waals surface area contributed by atoms with Gasteiger partial charge >= 0.3 is 5.97 Å². The number of aromatic nitrogens is 2. The smallest absolute Gasteiger partial charge is 0.357 e. The Morgan fingerprint density at radius 3 is 2.95 bits per heavy atom. The molecule has 0 spiro atoms. The normalized spacial score (nSPS) is 19.9. The summed E-state index contributed by atoms with van der Waals surface area (Å²) in [5.74, 6) is -1.27. The molecule has 0 saturated carbocycles. The van der Waals surface area contributed by atoms with E-state index in [9.17, 15) is 13.2 Å². The van der Waals surface area contributed by atoms with Crippen molar-refractivity contribution < 1.29 is 23.1 Å². The highest BCUT2D eigenvalue weighted by Crippen LogP contribution is 2.19. The molecule has 1 aromatic rings. The lowest BCUT2D eigenvalue weighted by molar-refractivity contribution is 0.0567. The third-order valence-corrected chi connectivity index (χ3v) is 4.76. The lowest BCUT2D eigenvalue weighted by atomic mass is 10.0. The van der Waals surface area contributed by atoms with E-state index in [1.165, 1.54) is 6.92 Å². The van der Waals surface area contributed by atoms with Crippen molar-refractivity contribution in [3.63, 3.8) is 0 Å². The molecule has 2 heterocycles. The van der Waals surface area contributed by atoms with E-state index in [1.54, 1.807) is 0 Å². The van der Waals surface area contributed by atoms with Crippen molar-refractivity contribution in [2.45, 2.75) is 24.7 Å². The largest absolute Gasteiger partial charge is 0.476 e. The van der Waals surface area contributed by atoms with E-state index in [0.29, 0.717) is 13.2 Å². The predicted molar refractivity (Wildman–Crippen MR) is 69.0 cm³/mol. The second-order valence-electron chi connectivity index (χ2n) is 4.77. The molecule has 20 heavy (non-hydrogen) atoms. The molecule has 0 aliphatic carbocycles. The number of aryl methyl sites for hydroxylation is 1. The second kappa shape index (κ2) is 5.90. The fraction of sp³-hybridized carbons (Fsp3) is 0.636. The van der Waals surface area contributed by atoms with E-state index >= 15 is 0 Å². The number of nitrogens with one attached hydrogen (secondary N) is 2. The molecule has 0 aromatic carbocycles. The van der Waals surface area contributed by atoms with E-state index in [2.05, 4.69) is 14.9 Å². The predicted octanol–water partition coefficient (Wildman–Crippen LogP) is 0.121. The van der Waals surface area contributed by atoms with Crippen LogP contribution in [0.2, 0.25) is 0 Å². The first-order chi connectivity index (χ1) is 9.42. The molecule has 1 unspecified atom stereocenters. The molecule has 0 radical (unpaired) electrons. The fourth-order valence-corrected chi connectivity index (χ4v) is 3.60. The van der Waals surface area contributed by atoms with E-state index < -0.39 is 21.7 Å². The molecule has 0 bridgehead atoms. The first-order valence-corrected chi connectivity index (χ1v) is 7.76. The molecule has 1 saturated heterocycles. The van der Waals surface area contributed by atoms with Gasteiger partial charge in [0.1, 0.15) is 4.90 Å². The maximum atomic E-state index is 12.2. The second-order valence-corrected chi connectivity index (χ2v) is 6.47. The van der Waals surface area contributed by atoms with E-state index in [1.807, 2.05) is 0 Å². The Balaban J connectivity index is 2.14. The number of carboxylic acid groups (broad SMARTS) is 1. The van der Waals surface area contributed by atoms with Crippen molar-refractivity contribution in [1.82, 2.24) is 14.9 Å². The number of rotatable bonds is 5. The third-order valence-electron chi connectivity index (χ3n) is 3.18. The third kappa shape index (κ3) is 3.17. The SMILES string of the molecule is Cc1[nH]nc(C(=O)O)c1S(=O)(=O)NCC1CCCOC1. The Bertz CT molecular complexity index is 589. The molecule has 1 aliphatic rings. The number of carboxylic acids is 1. The number of hydrogen-bond acceptors (Lipinski definition) is 5. The van der Waals surface area contributed by atoms with Crippen LogP contribution in [0.15, 0.2) is 4.90 Å². The van der Waals surface area contributed by atoms with Crippen LogP contribution in [-0.4, -0.2) is 49.4 Å². The van der Waals surface area contributed by atoms with Gasteiger partial charge < -0.3 is 9.84 Å². The molecule has 3 N–H and O–H groups in total. The van der Waals surface area contributed by atoms with Crippen LogP contribution in [0.3, 0.4) is 0 Å². The van der Waals surface area contributed by atoms with E-state index in [0.717, 1.165) is 12.8 Å². The average Bonchev–Trinajstić information content (AvgIpc) is 2.81. The number of nitrogens with zero attached hydrogens (tertiary/aromatic N) is 1. The highest BCUT2D eigenvalue weighted by atomic mass is 32.2. The minimum atomic E-state index is -3.90. The van der Waals surface area contributed by atoms with Gasteiger partial charge in [0.05, 0.1) is 12.3 Å². The lowest BCUT2D eigenvalue weighted by Gasteiger charge is -2.22. The molecule has 1 atom stereocenters. The number of aromatic carboxylic acids is 1. The van der Waals surface area contributed by atoms with E-state index in [4.69, 9.17) is 9.84 Å². The van der Waals surface area contributed by atoms with Gasteiger partial charge in [0.25, 0.3) is 0 Å². The summed E-state index contributed by atoms with van der Waals surface area (Å²) in [4.78, 5) is 10.7.